The average molecular weight is 663 g/mol. The van der Waals surface area contributed by atoms with E-state index in [9.17, 15) is 4.79 Å². The second-order valence-electron chi connectivity index (χ2n) is 11.6. The molecule has 10 heteroatoms. The Labute approximate surface area is 249 Å². The fourth-order valence-electron chi connectivity index (χ4n) is 5.26. The zero-order chi connectivity index (χ0) is 28.3. The van der Waals surface area contributed by atoms with Crippen molar-refractivity contribution in [3.63, 3.8) is 0 Å². The number of pyridine rings is 1. The lowest BCUT2D eigenvalue weighted by Gasteiger charge is -2.32. The Morgan fingerprint density at radius 3 is 2.45 bits per heavy atom. The van der Waals surface area contributed by atoms with E-state index in [0.29, 0.717) is 49.3 Å². The van der Waals surface area contributed by atoms with Crippen molar-refractivity contribution in [3.8, 4) is 11.6 Å². The SMILES string of the molecule is COc1ccc(Cn2nc3c(N(CC4CCOCC4)C(=O)OC(C)(C)C)cc(OC4CCCC4)nc3c2I)cc1. The number of carbonyl (C=O) groups excluding carboxylic acids is 1. The van der Waals surface area contributed by atoms with Gasteiger partial charge in [0.1, 0.15) is 32.2 Å². The van der Waals surface area contributed by atoms with E-state index < -0.39 is 11.7 Å². The molecular formula is C30H39IN4O5. The zero-order valence-electron chi connectivity index (χ0n) is 23.8. The molecule has 9 nitrogen and oxygen atoms in total. The molecule has 5 rings (SSSR count). The minimum atomic E-state index is -0.636. The van der Waals surface area contributed by atoms with Crippen LogP contribution in [0.2, 0.25) is 0 Å². The van der Waals surface area contributed by atoms with E-state index in [0.717, 1.165) is 59.1 Å². The van der Waals surface area contributed by atoms with Gasteiger partial charge in [-0.2, -0.15) is 5.10 Å². The number of rotatable bonds is 8. The number of ether oxygens (including phenoxy) is 4. The van der Waals surface area contributed by atoms with Crippen LogP contribution in [0.25, 0.3) is 11.0 Å². The van der Waals surface area contributed by atoms with Gasteiger partial charge in [0.05, 0.1) is 19.3 Å². The maximum Gasteiger partial charge on any atom is 0.414 e. The van der Waals surface area contributed by atoms with Crippen molar-refractivity contribution >= 4 is 45.4 Å². The lowest BCUT2D eigenvalue weighted by atomic mass is 9.99. The van der Waals surface area contributed by atoms with Crippen LogP contribution in [0.1, 0.15) is 64.9 Å². The largest absolute Gasteiger partial charge is 0.497 e. The van der Waals surface area contributed by atoms with Crippen LogP contribution >= 0.6 is 22.6 Å². The van der Waals surface area contributed by atoms with Gasteiger partial charge in [0, 0.05) is 25.8 Å². The molecule has 1 amide bonds. The lowest BCUT2D eigenvalue weighted by Crippen LogP contribution is -2.41. The van der Waals surface area contributed by atoms with E-state index >= 15 is 0 Å². The van der Waals surface area contributed by atoms with Gasteiger partial charge in [-0.05, 0) is 106 Å². The first-order chi connectivity index (χ1) is 19.2. The van der Waals surface area contributed by atoms with Crippen molar-refractivity contribution in [2.24, 2.45) is 5.92 Å². The van der Waals surface area contributed by atoms with Crippen molar-refractivity contribution in [2.75, 3.05) is 31.8 Å². The molecule has 2 aromatic heterocycles. The highest BCUT2D eigenvalue weighted by atomic mass is 127. The van der Waals surface area contributed by atoms with Crippen LogP contribution in [0.5, 0.6) is 11.6 Å². The summed E-state index contributed by atoms with van der Waals surface area (Å²) in [5.74, 6) is 1.63. The summed E-state index contributed by atoms with van der Waals surface area (Å²) in [6, 6.07) is 9.83. The number of hydrogen-bond donors (Lipinski definition) is 0. The highest BCUT2D eigenvalue weighted by Gasteiger charge is 2.31. The van der Waals surface area contributed by atoms with E-state index in [2.05, 4.69) is 22.6 Å². The second kappa shape index (κ2) is 12.5. The van der Waals surface area contributed by atoms with Gasteiger partial charge in [-0.25, -0.2) is 9.78 Å². The number of carbonyl (C=O) groups is 1. The maximum absolute atomic E-state index is 13.7. The van der Waals surface area contributed by atoms with Crippen LogP contribution in [0.4, 0.5) is 10.5 Å². The summed E-state index contributed by atoms with van der Waals surface area (Å²) < 4.78 is 26.0. The van der Waals surface area contributed by atoms with Gasteiger partial charge >= 0.3 is 6.09 Å². The van der Waals surface area contributed by atoms with Crippen LogP contribution in [0.15, 0.2) is 30.3 Å². The van der Waals surface area contributed by atoms with Gasteiger partial charge in [-0.1, -0.05) is 12.1 Å². The first-order valence-corrected chi connectivity index (χ1v) is 15.2. The van der Waals surface area contributed by atoms with E-state index in [1.807, 2.05) is 55.8 Å². The van der Waals surface area contributed by atoms with Crippen LogP contribution in [0, 0.1) is 9.62 Å². The number of amides is 1. The molecule has 2 aliphatic rings. The molecule has 3 aromatic rings. The Hall–Kier alpha value is -2.60. The second-order valence-corrected chi connectivity index (χ2v) is 12.7. The highest BCUT2D eigenvalue weighted by Crippen LogP contribution is 2.35. The number of aromatic nitrogens is 3. The van der Waals surface area contributed by atoms with E-state index in [1.54, 1.807) is 12.0 Å². The van der Waals surface area contributed by atoms with Crippen LogP contribution in [-0.4, -0.2) is 59.4 Å². The van der Waals surface area contributed by atoms with Crippen LogP contribution in [0.3, 0.4) is 0 Å². The minimum Gasteiger partial charge on any atom is -0.497 e. The Kier molecular flexibility index (Phi) is 9.04. The number of methoxy groups -OCH3 is 1. The summed E-state index contributed by atoms with van der Waals surface area (Å²) in [6.45, 7) is 8.14. The van der Waals surface area contributed by atoms with Crippen molar-refractivity contribution in [1.82, 2.24) is 14.8 Å². The van der Waals surface area contributed by atoms with Crippen molar-refractivity contribution in [1.29, 1.82) is 0 Å². The molecule has 0 spiro atoms. The predicted octanol–water partition coefficient (Wildman–Crippen LogP) is 6.58. The Bertz CT molecular complexity index is 1310. The van der Waals surface area contributed by atoms with Crippen molar-refractivity contribution in [2.45, 2.75) is 77.5 Å². The summed E-state index contributed by atoms with van der Waals surface area (Å²) in [5, 5.41) is 5.00. The highest BCUT2D eigenvalue weighted by molar-refractivity contribution is 14.1. The number of hydrogen-bond acceptors (Lipinski definition) is 7. The van der Waals surface area contributed by atoms with Gasteiger partial charge < -0.3 is 18.9 Å². The van der Waals surface area contributed by atoms with Crippen molar-refractivity contribution < 1.29 is 23.7 Å². The molecule has 0 unspecified atom stereocenters. The fraction of sp³-hybridized carbons (Fsp3) is 0.567. The minimum absolute atomic E-state index is 0.135. The fourth-order valence-corrected chi connectivity index (χ4v) is 5.91. The first-order valence-electron chi connectivity index (χ1n) is 14.1. The first kappa shape index (κ1) is 28.9. The molecule has 2 fully saturated rings. The molecule has 0 radical (unpaired) electrons. The molecular weight excluding hydrogens is 623 g/mol. The van der Waals surface area contributed by atoms with E-state index in [-0.39, 0.29) is 6.10 Å². The Balaban J connectivity index is 1.57. The van der Waals surface area contributed by atoms with Crippen LogP contribution < -0.4 is 14.4 Å². The van der Waals surface area contributed by atoms with Gasteiger partial charge in [-0.3, -0.25) is 9.58 Å². The lowest BCUT2D eigenvalue weighted by molar-refractivity contribution is 0.0515. The van der Waals surface area contributed by atoms with E-state index in [4.69, 9.17) is 29.0 Å². The van der Waals surface area contributed by atoms with Gasteiger partial charge in [0.15, 0.2) is 0 Å². The quantitative estimate of drug-likeness (QED) is 0.252. The number of halogens is 1. The molecule has 1 saturated heterocycles. The molecule has 0 atom stereocenters. The predicted molar refractivity (Wildman–Crippen MR) is 162 cm³/mol. The normalized spacial score (nSPS) is 16.8. The summed E-state index contributed by atoms with van der Waals surface area (Å²) >= 11 is 2.30. The topological polar surface area (TPSA) is 87.9 Å². The molecule has 216 valence electrons. The number of fused-ring (bicyclic) bond motifs is 1. The Morgan fingerprint density at radius 2 is 1.80 bits per heavy atom. The van der Waals surface area contributed by atoms with Crippen molar-refractivity contribution in [3.05, 3.63) is 39.6 Å². The molecule has 3 heterocycles. The number of nitrogens with zero attached hydrogens (tertiary/aromatic N) is 4. The smallest absolute Gasteiger partial charge is 0.414 e. The van der Waals surface area contributed by atoms with Gasteiger partial charge in [0.2, 0.25) is 5.88 Å². The zero-order valence-corrected chi connectivity index (χ0v) is 26.0. The number of anilines is 1. The molecule has 1 saturated carbocycles. The van der Waals surface area contributed by atoms with E-state index in [1.165, 1.54) is 0 Å². The maximum atomic E-state index is 13.7. The summed E-state index contributed by atoms with van der Waals surface area (Å²) in [7, 11) is 1.66. The molecule has 1 aromatic carbocycles. The third-order valence-electron chi connectivity index (χ3n) is 7.36. The molecule has 0 N–H and O–H groups in total. The molecule has 1 aliphatic heterocycles. The number of benzene rings is 1. The summed E-state index contributed by atoms with van der Waals surface area (Å²) in [6.07, 6.45) is 5.87. The Morgan fingerprint density at radius 1 is 1.10 bits per heavy atom. The molecule has 1 aliphatic carbocycles. The third kappa shape index (κ3) is 6.99. The van der Waals surface area contributed by atoms with Gasteiger partial charge in [-0.15, -0.1) is 0 Å². The average Bonchev–Trinajstić information content (AvgIpc) is 3.55. The summed E-state index contributed by atoms with van der Waals surface area (Å²) in [4.78, 5) is 20.4. The molecule has 0 bridgehead atoms. The monoisotopic (exact) mass is 662 g/mol. The molecule has 40 heavy (non-hydrogen) atoms. The summed E-state index contributed by atoms with van der Waals surface area (Å²) in [5.41, 5.74) is 2.50. The standard InChI is InChI=1S/C30H39IN4O5/c1-30(2,3)40-29(36)34(18-21-13-15-38-16-14-21)24-17-25(39-23-7-5-6-8-23)32-27-26(24)33-35(28(27)31)19-20-9-11-22(37-4)12-10-20/h9-12,17,21,23H,5-8,13-16,18-19H2,1-4H3. The third-order valence-corrected chi connectivity index (χ3v) is 8.43. The van der Waals surface area contributed by atoms with Gasteiger partial charge in [0.25, 0.3) is 0 Å². The van der Waals surface area contributed by atoms with Crippen LogP contribution in [-0.2, 0) is 16.0 Å².